The lowest BCUT2D eigenvalue weighted by Crippen LogP contribution is -2.10. The van der Waals surface area contributed by atoms with E-state index in [4.69, 9.17) is 5.11 Å². The number of hydrogen-bond acceptors (Lipinski definition) is 4. The lowest BCUT2D eigenvalue weighted by Gasteiger charge is -2.07. The Morgan fingerprint density at radius 1 is 1.59 bits per heavy atom. The van der Waals surface area contributed by atoms with Crippen molar-refractivity contribution in [1.29, 1.82) is 0 Å². The molecule has 0 radical (unpaired) electrons. The minimum absolute atomic E-state index is 0.416. The highest BCUT2D eigenvalue weighted by Gasteiger charge is 2.29. The van der Waals surface area contributed by atoms with Gasteiger partial charge in [-0.1, -0.05) is 0 Å². The fourth-order valence-corrected chi connectivity index (χ4v) is 1.24. The van der Waals surface area contributed by atoms with Gasteiger partial charge >= 0.3 is 5.97 Å². The van der Waals surface area contributed by atoms with E-state index >= 15 is 0 Å². The van der Waals surface area contributed by atoms with E-state index in [9.17, 15) is 28.1 Å². The van der Waals surface area contributed by atoms with Gasteiger partial charge in [0.2, 0.25) is 5.95 Å². The maximum atomic E-state index is 13.0. The van der Waals surface area contributed by atoms with Crippen molar-refractivity contribution in [2.45, 2.75) is 12.8 Å². The van der Waals surface area contributed by atoms with Crippen LogP contribution in [0.2, 0.25) is 0 Å². The second kappa shape index (κ2) is 4.76. The summed E-state index contributed by atoms with van der Waals surface area (Å²) < 4.78 is 38.0. The molecule has 0 aliphatic rings. The second-order valence-corrected chi connectivity index (χ2v) is 2.95. The molecule has 0 spiro atoms. The normalized spacial score (nSPS) is 10.6. The van der Waals surface area contributed by atoms with Crippen LogP contribution < -0.4 is 0 Å². The molecule has 0 aliphatic carbocycles. The molecule has 1 aromatic rings. The number of alkyl halides is 2. The van der Waals surface area contributed by atoms with Gasteiger partial charge in [-0.05, 0) is 0 Å². The highest BCUT2D eigenvalue weighted by Crippen LogP contribution is 2.31. The fourth-order valence-electron chi connectivity index (χ4n) is 1.24. The minimum Gasteiger partial charge on any atom is -0.481 e. The smallest absolute Gasteiger partial charge is 0.308 e. The molecule has 0 atom stereocenters. The van der Waals surface area contributed by atoms with Crippen molar-refractivity contribution < 1.29 is 28.0 Å². The average molecular weight is 250 g/mol. The van der Waals surface area contributed by atoms with Crippen LogP contribution in [0, 0.1) is 16.1 Å². The van der Waals surface area contributed by atoms with Crippen LogP contribution in [0.15, 0.2) is 6.20 Å². The number of halogens is 3. The van der Waals surface area contributed by atoms with E-state index in [0.29, 0.717) is 6.20 Å². The highest BCUT2D eigenvalue weighted by molar-refractivity contribution is 5.72. The van der Waals surface area contributed by atoms with E-state index in [1.165, 1.54) is 0 Å². The number of carboxylic acids is 1. The van der Waals surface area contributed by atoms with Crippen molar-refractivity contribution >= 4 is 11.7 Å². The van der Waals surface area contributed by atoms with Crippen molar-refractivity contribution in [2.24, 2.45) is 0 Å². The Morgan fingerprint density at radius 2 is 2.18 bits per heavy atom. The van der Waals surface area contributed by atoms with Crippen molar-refractivity contribution in [3.05, 3.63) is 33.4 Å². The van der Waals surface area contributed by atoms with Crippen LogP contribution in [0.1, 0.15) is 17.6 Å². The van der Waals surface area contributed by atoms with Crippen LogP contribution in [0.3, 0.4) is 0 Å². The number of hydrogen-bond donors (Lipinski definition) is 1. The first-order valence-electron chi connectivity index (χ1n) is 4.16. The molecule has 6 nitrogen and oxygen atoms in total. The standard InChI is InChI=1S/C8H5F3N2O4/c9-7(10)6-3(1-5(14)15)4(13(16)17)2-12-8(6)11/h2,7H,1H2,(H,14,15). The van der Waals surface area contributed by atoms with Crippen LogP contribution in [0.25, 0.3) is 0 Å². The molecule has 0 amide bonds. The maximum Gasteiger partial charge on any atom is 0.308 e. The number of aromatic nitrogens is 1. The van der Waals surface area contributed by atoms with Gasteiger partial charge in [-0.25, -0.2) is 13.8 Å². The van der Waals surface area contributed by atoms with Gasteiger partial charge in [-0.3, -0.25) is 14.9 Å². The summed E-state index contributed by atoms with van der Waals surface area (Å²) in [6.45, 7) is 0. The van der Waals surface area contributed by atoms with Crippen LogP contribution in [-0.2, 0) is 11.2 Å². The summed E-state index contributed by atoms with van der Waals surface area (Å²) in [5, 5.41) is 19.0. The van der Waals surface area contributed by atoms with Gasteiger partial charge in [0.25, 0.3) is 12.1 Å². The van der Waals surface area contributed by atoms with Crippen LogP contribution in [0.5, 0.6) is 0 Å². The average Bonchev–Trinajstić information content (AvgIpc) is 2.15. The zero-order valence-corrected chi connectivity index (χ0v) is 8.06. The van der Waals surface area contributed by atoms with Gasteiger partial charge in [0.1, 0.15) is 6.20 Å². The number of rotatable bonds is 4. The molecule has 92 valence electrons. The second-order valence-electron chi connectivity index (χ2n) is 2.95. The Kier molecular flexibility index (Phi) is 3.61. The summed E-state index contributed by atoms with van der Waals surface area (Å²) in [4.78, 5) is 22.6. The monoisotopic (exact) mass is 250 g/mol. The zero-order chi connectivity index (χ0) is 13.2. The third kappa shape index (κ3) is 2.68. The first-order valence-corrected chi connectivity index (χ1v) is 4.16. The fraction of sp³-hybridized carbons (Fsp3) is 0.250. The molecule has 0 aliphatic heterocycles. The van der Waals surface area contributed by atoms with E-state index < -0.39 is 46.5 Å². The first kappa shape index (κ1) is 12.9. The predicted molar refractivity (Wildman–Crippen MR) is 47.1 cm³/mol. The van der Waals surface area contributed by atoms with Crippen LogP contribution in [0.4, 0.5) is 18.9 Å². The number of nitro groups is 1. The Labute approximate surface area is 91.9 Å². The molecule has 0 unspecified atom stereocenters. The van der Waals surface area contributed by atoms with Gasteiger partial charge in [0, 0.05) is 0 Å². The first-order chi connectivity index (χ1) is 7.84. The number of nitrogens with zero attached hydrogens (tertiary/aromatic N) is 2. The Morgan fingerprint density at radius 3 is 2.59 bits per heavy atom. The third-order valence-corrected chi connectivity index (χ3v) is 1.90. The molecule has 1 aromatic heterocycles. The Hall–Kier alpha value is -2.19. The van der Waals surface area contributed by atoms with Crippen LogP contribution in [-0.4, -0.2) is 21.0 Å². The number of pyridine rings is 1. The molecular weight excluding hydrogens is 245 g/mol. The van der Waals surface area contributed by atoms with E-state index in [2.05, 4.69) is 4.98 Å². The topological polar surface area (TPSA) is 93.3 Å². The SMILES string of the molecule is O=C(O)Cc1c([N+](=O)[O-])cnc(F)c1C(F)F. The number of aliphatic carboxylic acids is 1. The van der Waals surface area contributed by atoms with Gasteiger partial charge in [-0.2, -0.15) is 4.39 Å². The summed E-state index contributed by atoms with van der Waals surface area (Å²) in [7, 11) is 0. The summed E-state index contributed by atoms with van der Waals surface area (Å²) in [5.41, 5.74) is -3.16. The van der Waals surface area contributed by atoms with Crippen molar-refractivity contribution in [1.82, 2.24) is 4.98 Å². The van der Waals surface area contributed by atoms with Crippen molar-refractivity contribution in [3.8, 4) is 0 Å². The lowest BCUT2D eigenvalue weighted by atomic mass is 10.1. The molecule has 0 saturated heterocycles. The van der Waals surface area contributed by atoms with E-state index in [1.54, 1.807) is 0 Å². The molecule has 0 saturated carbocycles. The van der Waals surface area contributed by atoms with Crippen LogP contribution >= 0.6 is 0 Å². The zero-order valence-electron chi connectivity index (χ0n) is 8.06. The molecule has 9 heteroatoms. The Balaban J connectivity index is 3.49. The Bertz CT molecular complexity index is 478. The quantitative estimate of drug-likeness (QED) is 0.498. The van der Waals surface area contributed by atoms with E-state index in [0.717, 1.165) is 0 Å². The third-order valence-electron chi connectivity index (χ3n) is 1.90. The van der Waals surface area contributed by atoms with Crippen molar-refractivity contribution in [3.63, 3.8) is 0 Å². The molecule has 0 aromatic carbocycles. The van der Waals surface area contributed by atoms with Gasteiger partial charge < -0.3 is 5.11 Å². The molecule has 0 fully saturated rings. The molecule has 1 rings (SSSR count). The maximum absolute atomic E-state index is 13.0. The minimum atomic E-state index is -3.38. The van der Waals surface area contributed by atoms with E-state index in [1.807, 2.05) is 0 Å². The van der Waals surface area contributed by atoms with Crippen molar-refractivity contribution in [2.75, 3.05) is 0 Å². The predicted octanol–water partition coefficient (Wildman–Crippen LogP) is 1.69. The summed E-state index contributed by atoms with van der Waals surface area (Å²) >= 11 is 0. The molecule has 17 heavy (non-hydrogen) atoms. The number of carbonyl (C=O) groups is 1. The van der Waals surface area contributed by atoms with Gasteiger partial charge in [0.15, 0.2) is 0 Å². The van der Waals surface area contributed by atoms with Gasteiger partial charge in [-0.15, -0.1) is 0 Å². The highest BCUT2D eigenvalue weighted by atomic mass is 19.3. The summed E-state index contributed by atoms with van der Waals surface area (Å²) in [5.74, 6) is -3.19. The summed E-state index contributed by atoms with van der Waals surface area (Å²) in [6.07, 6.45) is -4.04. The molecule has 0 bridgehead atoms. The molecule has 1 N–H and O–H groups in total. The molecular formula is C8H5F3N2O4. The summed E-state index contributed by atoms with van der Waals surface area (Å²) in [6, 6.07) is 0. The molecule has 1 heterocycles. The number of carboxylic acid groups (broad SMARTS) is 1. The lowest BCUT2D eigenvalue weighted by molar-refractivity contribution is -0.386. The van der Waals surface area contributed by atoms with Gasteiger partial charge in [0.05, 0.1) is 22.5 Å². The van der Waals surface area contributed by atoms with E-state index in [-0.39, 0.29) is 0 Å². The largest absolute Gasteiger partial charge is 0.481 e.